The van der Waals surface area contributed by atoms with Crippen molar-refractivity contribution in [1.82, 2.24) is 4.57 Å². The lowest BCUT2D eigenvalue weighted by molar-refractivity contribution is 0.102. The molecule has 5 nitrogen and oxygen atoms in total. The van der Waals surface area contributed by atoms with Crippen LogP contribution in [0.5, 0.6) is 11.5 Å². The molecule has 112 valence electrons. The number of hydrogen-bond acceptors (Lipinski definition) is 3. The van der Waals surface area contributed by atoms with E-state index in [4.69, 9.17) is 9.47 Å². The van der Waals surface area contributed by atoms with Crippen molar-refractivity contribution in [3.05, 3.63) is 41.2 Å². The van der Waals surface area contributed by atoms with Gasteiger partial charge in [0.25, 0.3) is 5.91 Å². The summed E-state index contributed by atoms with van der Waals surface area (Å²) in [5.41, 5.74) is 3.20. The first kappa shape index (κ1) is 15.0. The zero-order valence-corrected chi connectivity index (χ0v) is 13.0. The van der Waals surface area contributed by atoms with Crippen LogP contribution in [0.3, 0.4) is 0 Å². The van der Waals surface area contributed by atoms with Crippen molar-refractivity contribution in [3.8, 4) is 11.5 Å². The predicted molar refractivity (Wildman–Crippen MR) is 82.4 cm³/mol. The summed E-state index contributed by atoms with van der Waals surface area (Å²) in [6.07, 6.45) is 0. The van der Waals surface area contributed by atoms with Gasteiger partial charge >= 0.3 is 0 Å². The Balaban J connectivity index is 2.32. The minimum Gasteiger partial charge on any atom is -0.497 e. The molecular weight excluding hydrogens is 268 g/mol. The monoisotopic (exact) mass is 288 g/mol. The lowest BCUT2D eigenvalue weighted by Crippen LogP contribution is -2.13. The minimum absolute atomic E-state index is 0.164. The van der Waals surface area contributed by atoms with Crippen LogP contribution in [-0.4, -0.2) is 24.7 Å². The molecule has 1 N–H and O–H groups in total. The van der Waals surface area contributed by atoms with Crippen molar-refractivity contribution >= 4 is 11.6 Å². The second-order valence-corrected chi connectivity index (χ2v) is 4.86. The van der Waals surface area contributed by atoms with E-state index in [0.29, 0.717) is 22.7 Å². The molecule has 1 heterocycles. The largest absolute Gasteiger partial charge is 0.497 e. The molecule has 0 aliphatic heterocycles. The fraction of sp³-hybridized carbons (Fsp3) is 0.312. The number of benzene rings is 1. The van der Waals surface area contributed by atoms with Gasteiger partial charge in [0.2, 0.25) is 0 Å². The first-order valence-electron chi connectivity index (χ1n) is 6.64. The fourth-order valence-electron chi connectivity index (χ4n) is 2.19. The van der Waals surface area contributed by atoms with Gasteiger partial charge < -0.3 is 19.4 Å². The maximum Gasteiger partial charge on any atom is 0.257 e. The summed E-state index contributed by atoms with van der Waals surface area (Å²) >= 11 is 0. The highest BCUT2D eigenvalue weighted by Gasteiger charge is 2.16. The number of rotatable bonds is 4. The van der Waals surface area contributed by atoms with Gasteiger partial charge in [0.1, 0.15) is 11.5 Å². The zero-order chi connectivity index (χ0) is 15.6. The Hall–Kier alpha value is -2.43. The predicted octanol–water partition coefficient (Wildman–Crippen LogP) is 2.91. The molecule has 0 fully saturated rings. The molecule has 1 amide bonds. The Morgan fingerprint density at radius 1 is 1.14 bits per heavy atom. The summed E-state index contributed by atoms with van der Waals surface area (Å²) in [6.45, 7) is 3.89. The molecule has 0 saturated heterocycles. The standard InChI is InChI=1S/C16H20N2O3/c1-10-8-13(11(2)18(10)3)16(19)17-14-9-12(20-4)6-7-15(14)21-5/h6-9H,1-5H3,(H,17,19). The molecule has 0 bridgehead atoms. The van der Waals surface area contributed by atoms with Gasteiger partial charge in [0.15, 0.2) is 0 Å². The van der Waals surface area contributed by atoms with Crippen molar-refractivity contribution in [3.63, 3.8) is 0 Å². The van der Waals surface area contributed by atoms with E-state index in [0.717, 1.165) is 11.4 Å². The maximum atomic E-state index is 12.4. The van der Waals surface area contributed by atoms with Crippen molar-refractivity contribution < 1.29 is 14.3 Å². The van der Waals surface area contributed by atoms with Crippen LogP contribution in [0.25, 0.3) is 0 Å². The highest BCUT2D eigenvalue weighted by molar-refractivity contribution is 6.06. The van der Waals surface area contributed by atoms with Crippen molar-refractivity contribution in [1.29, 1.82) is 0 Å². The van der Waals surface area contributed by atoms with Gasteiger partial charge in [0.05, 0.1) is 25.5 Å². The smallest absolute Gasteiger partial charge is 0.257 e. The van der Waals surface area contributed by atoms with Gasteiger partial charge in [-0.1, -0.05) is 0 Å². The van der Waals surface area contributed by atoms with E-state index in [1.165, 1.54) is 0 Å². The molecule has 0 unspecified atom stereocenters. The maximum absolute atomic E-state index is 12.4. The highest BCUT2D eigenvalue weighted by atomic mass is 16.5. The molecule has 0 radical (unpaired) electrons. The summed E-state index contributed by atoms with van der Waals surface area (Å²) in [6, 6.07) is 7.16. The third-order valence-corrected chi connectivity index (χ3v) is 3.67. The molecule has 2 rings (SSSR count). The summed E-state index contributed by atoms with van der Waals surface area (Å²) in [5, 5.41) is 2.88. The van der Waals surface area contributed by atoms with E-state index in [1.54, 1.807) is 32.4 Å². The van der Waals surface area contributed by atoms with Crippen molar-refractivity contribution in [2.75, 3.05) is 19.5 Å². The number of carbonyl (C=O) groups is 1. The molecule has 2 aromatic rings. The molecule has 0 spiro atoms. The van der Waals surface area contributed by atoms with Gasteiger partial charge in [-0.05, 0) is 32.0 Å². The summed E-state index contributed by atoms with van der Waals surface area (Å²) in [5.74, 6) is 1.09. The second kappa shape index (κ2) is 5.91. The van der Waals surface area contributed by atoms with E-state index < -0.39 is 0 Å². The number of amides is 1. The van der Waals surface area contributed by atoms with Crippen molar-refractivity contribution in [2.24, 2.45) is 7.05 Å². The Morgan fingerprint density at radius 3 is 2.38 bits per heavy atom. The third-order valence-electron chi connectivity index (χ3n) is 3.67. The number of aromatic nitrogens is 1. The Labute approximate surface area is 124 Å². The number of anilines is 1. The third kappa shape index (κ3) is 2.86. The van der Waals surface area contributed by atoms with Crippen LogP contribution in [0.1, 0.15) is 21.7 Å². The number of nitrogens with one attached hydrogen (secondary N) is 1. The van der Waals surface area contributed by atoms with Crippen LogP contribution in [0, 0.1) is 13.8 Å². The summed E-state index contributed by atoms with van der Waals surface area (Å²) in [7, 11) is 5.08. The quantitative estimate of drug-likeness (QED) is 0.941. The Kier molecular flexibility index (Phi) is 4.21. The van der Waals surface area contributed by atoms with E-state index in [-0.39, 0.29) is 5.91 Å². The van der Waals surface area contributed by atoms with Gasteiger partial charge in [-0.3, -0.25) is 4.79 Å². The topological polar surface area (TPSA) is 52.5 Å². The summed E-state index contributed by atoms with van der Waals surface area (Å²) < 4.78 is 12.4. The molecule has 0 aliphatic rings. The molecule has 5 heteroatoms. The Bertz CT molecular complexity index is 674. The molecule has 21 heavy (non-hydrogen) atoms. The Morgan fingerprint density at radius 2 is 1.86 bits per heavy atom. The first-order chi connectivity index (χ1) is 9.97. The molecule has 0 aliphatic carbocycles. The first-order valence-corrected chi connectivity index (χ1v) is 6.64. The molecular formula is C16H20N2O3. The normalized spacial score (nSPS) is 10.3. The van der Waals surface area contributed by atoms with Crippen LogP contribution >= 0.6 is 0 Å². The average molecular weight is 288 g/mol. The van der Waals surface area contributed by atoms with E-state index >= 15 is 0 Å². The average Bonchev–Trinajstić information content (AvgIpc) is 2.74. The highest BCUT2D eigenvalue weighted by Crippen LogP contribution is 2.29. The lowest BCUT2D eigenvalue weighted by atomic mass is 10.2. The van der Waals surface area contributed by atoms with Gasteiger partial charge in [-0.2, -0.15) is 0 Å². The van der Waals surface area contributed by atoms with Crippen LogP contribution < -0.4 is 14.8 Å². The van der Waals surface area contributed by atoms with E-state index in [1.807, 2.05) is 31.5 Å². The molecule has 0 atom stereocenters. The number of hydrogen-bond donors (Lipinski definition) is 1. The van der Waals surface area contributed by atoms with Gasteiger partial charge in [-0.25, -0.2) is 0 Å². The number of carbonyl (C=O) groups excluding carboxylic acids is 1. The molecule has 0 saturated carbocycles. The number of methoxy groups -OCH3 is 2. The number of aryl methyl sites for hydroxylation is 1. The van der Waals surface area contributed by atoms with Crippen molar-refractivity contribution in [2.45, 2.75) is 13.8 Å². The fourth-order valence-corrected chi connectivity index (χ4v) is 2.19. The van der Waals surface area contributed by atoms with Gasteiger partial charge in [0, 0.05) is 24.5 Å². The second-order valence-electron chi connectivity index (χ2n) is 4.86. The van der Waals surface area contributed by atoms with Crippen LogP contribution in [0.2, 0.25) is 0 Å². The SMILES string of the molecule is COc1ccc(OC)c(NC(=O)c2cc(C)n(C)c2C)c1. The van der Waals surface area contributed by atoms with Crippen LogP contribution in [0.4, 0.5) is 5.69 Å². The van der Waals surface area contributed by atoms with Crippen LogP contribution in [-0.2, 0) is 7.05 Å². The van der Waals surface area contributed by atoms with E-state index in [9.17, 15) is 4.79 Å². The summed E-state index contributed by atoms with van der Waals surface area (Å²) in [4.78, 5) is 12.4. The number of ether oxygens (including phenoxy) is 2. The van der Waals surface area contributed by atoms with Gasteiger partial charge in [-0.15, -0.1) is 0 Å². The number of nitrogens with zero attached hydrogens (tertiary/aromatic N) is 1. The zero-order valence-electron chi connectivity index (χ0n) is 13.0. The lowest BCUT2D eigenvalue weighted by Gasteiger charge is -2.11. The molecule has 1 aromatic heterocycles. The van der Waals surface area contributed by atoms with Crippen LogP contribution in [0.15, 0.2) is 24.3 Å². The minimum atomic E-state index is -0.164. The van der Waals surface area contributed by atoms with E-state index in [2.05, 4.69) is 5.32 Å². The molecule has 1 aromatic carbocycles.